The normalized spacial score (nSPS) is 14.7. The minimum atomic E-state index is -0.298. The SMILES string of the molecule is Nc1ccc(/C(=C/c2ccc(F)cc2)C(=O)NC2CC2)cc1. The lowest BCUT2D eigenvalue weighted by Gasteiger charge is -2.09. The average Bonchev–Trinajstić information content (AvgIpc) is 3.31. The van der Waals surface area contributed by atoms with Crippen molar-refractivity contribution < 1.29 is 9.18 Å². The van der Waals surface area contributed by atoms with Gasteiger partial charge in [-0.15, -0.1) is 0 Å². The lowest BCUT2D eigenvalue weighted by atomic mass is 10.0. The molecule has 4 heteroatoms. The number of carbonyl (C=O) groups is 1. The maximum atomic E-state index is 13.0. The molecular formula is C18H17FN2O. The number of hydrogen-bond donors (Lipinski definition) is 2. The van der Waals surface area contributed by atoms with E-state index in [4.69, 9.17) is 5.73 Å². The Hall–Kier alpha value is -2.62. The van der Waals surface area contributed by atoms with Gasteiger partial charge in [-0.3, -0.25) is 4.79 Å². The summed E-state index contributed by atoms with van der Waals surface area (Å²) in [7, 11) is 0. The zero-order chi connectivity index (χ0) is 15.5. The van der Waals surface area contributed by atoms with Crippen molar-refractivity contribution in [2.75, 3.05) is 5.73 Å². The van der Waals surface area contributed by atoms with Crippen LogP contribution in [0, 0.1) is 5.82 Å². The van der Waals surface area contributed by atoms with Gasteiger partial charge in [-0.05, 0) is 54.3 Å². The van der Waals surface area contributed by atoms with E-state index in [1.165, 1.54) is 12.1 Å². The van der Waals surface area contributed by atoms with Crippen LogP contribution in [0.3, 0.4) is 0 Å². The van der Waals surface area contributed by atoms with Crippen molar-refractivity contribution in [2.45, 2.75) is 18.9 Å². The number of benzene rings is 2. The topological polar surface area (TPSA) is 55.1 Å². The van der Waals surface area contributed by atoms with Gasteiger partial charge >= 0.3 is 0 Å². The first-order valence-electron chi connectivity index (χ1n) is 7.26. The molecule has 3 rings (SSSR count). The second-order valence-electron chi connectivity index (χ2n) is 5.48. The third-order valence-corrected chi connectivity index (χ3v) is 3.56. The van der Waals surface area contributed by atoms with Gasteiger partial charge in [0, 0.05) is 17.3 Å². The highest BCUT2D eigenvalue weighted by Gasteiger charge is 2.25. The van der Waals surface area contributed by atoms with Gasteiger partial charge in [-0.1, -0.05) is 24.3 Å². The van der Waals surface area contributed by atoms with Gasteiger partial charge in [0.05, 0.1) is 0 Å². The molecule has 0 radical (unpaired) electrons. The third-order valence-electron chi connectivity index (χ3n) is 3.56. The second-order valence-corrected chi connectivity index (χ2v) is 5.48. The molecular weight excluding hydrogens is 279 g/mol. The lowest BCUT2D eigenvalue weighted by molar-refractivity contribution is -0.115. The number of nitrogen functional groups attached to an aromatic ring is 1. The molecule has 2 aromatic carbocycles. The lowest BCUT2D eigenvalue weighted by Crippen LogP contribution is -2.26. The molecule has 0 aromatic heterocycles. The molecule has 1 saturated carbocycles. The van der Waals surface area contributed by atoms with Crippen LogP contribution in [0.25, 0.3) is 11.6 Å². The molecule has 0 bridgehead atoms. The molecule has 1 aliphatic rings. The number of hydrogen-bond acceptors (Lipinski definition) is 2. The maximum absolute atomic E-state index is 13.0. The Balaban J connectivity index is 1.95. The number of rotatable bonds is 4. The van der Waals surface area contributed by atoms with Crippen molar-refractivity contribution in [1.29, 1.82) is 0 Å². The summed E-state index contributed by atoms with van der Waals surface area (Å²) in [6.45, 7) is 0. The van der Waals surface area contributed by atoms with E-state index in [1.54, 1.807) is 30.3 Å². The Bertz CT molecular complexity index is 701. The molecule has 0 atom stereocenters. The first-order valence-corrected chi connectivity index (χ1v) is 7.26. The highest BCUT2D eigenvalue weighted by molar-refractivity contribution is 6.24. The predicted molar refractivity (Wildman–Crippen MR) is 86.3 cm³/mol. The first-order chi connectivity index (χ1) is 10.6. The fraction of sp³-hybridized carbons (Fsp3) is 0.167. The van der Waals surface area contributed by atoms with Crippen molar-refractivity contribution >= 4 is 23.2 Å². The van der Waals surface area contributed by atoms with Crippen LogP contribution >= 0.6 is 0 Å². The minimum Gasteiger partial charge on any atom is -0.399 e. The summed E-state index contributed by atoms with van der Waals surface area (Å²) in [4.78, 5) is 12.5. The fourth-order valence-corrected chi connectivity index (χ4v) is 2.16. The summed E-state index contributed by atoms with van der Waals surface area (Å²) in [5, 5.41) is 2.99. The molecule has 0 aliphatic heterocycles. The van der Waals surface area contributed by atoms with E-state index in [9.17, 15) is 9.18 Å². The van der Waals surface area contributed by atoms with Gasteiger partial charge in [-0.2, -0.15) is 0 Å². The molecule has 1 aliphatic carbocycles. The van der Waals surface area contributed by atoms with Crippen LogP contribution < -0.4 is 11.1 Å². The molecule has 1 fully saturated rings. The first kappa shape index (κ1) is 14.3. The summed E-state index contributed by atoms with van der Waals surface area (Å²) in [5.74, 6) is -0.412. The standard InChI is InChI=1S/C18H17FN2O/c19-14-5-1-12(2-6-14)11-17(18(22)21-16-9-10-16)13-3-7-15(20)8-4-13/h1-8,11,16H,9-10,20H2,(H,21,22)/b17-11-. The number of nitrogens with one attached hydrogen (secondary N) is 1. The molecule has 0 unspecified atom stereocenters. The highest BCUT2D eigenvalue weighted by Crippen LogP contribution is 2.24. The van der Waals surface area contributed by atoms with Crippen LogP contribution in [0.5, 0.6) is 0 Å². The Morgan fingerprint density at radius 3 is 2.32 bits per heavy atom. The monoisotopic (exact) mass is 296 g/mol. The van der Waals surface area contributed by atoms with E-state index in [1.807, 2.05) is 12.1 Å². The van der Waals surface area contributed by atoms with Crippen molar-refractivity contribution in [1.82, 2.24) is 5.32 Å². The zero-order valence-corrected chi connectivity index (χ0v) is 12.1. The van der Waals surface area contributed by atoms with Crippen LogP contribution in [-0.4, -0.2) is 11.9 Å². The molecule has 0 heterocycles. The highest BCUT2D eigenvalue weighted by atomic mass is 19.1. The Labute approximate surface area is 128 Å². The Morgan fingerprint density at radius 1 is 1.09 bits per heavy atom. The van der Waals surface area contributed by atoms with Crippen molar-refractivity contribution in [2.24, 2.45) is 0 Å². The van der Waals surface area contributed by atoms with E-state index in [0.29, 0.717) is 11.3 Å². The molecule has 1 amide bonds. The number of halogens is 1. The van der Waals surface area contributed by atoms with E-state index >= 15 is 0 Å². The van der Waals surface area contributed by atoms with Gasteiger partial charge in [-0.25, -0.2) is 4.39 Å². The van der Waals surface area contributed by atoms with Crippen LogP contribution in [-0.2, 0) is 4.79 Å². The van der Waals surface area contributed by atoms with E-state index in [-0.39, 0.29) is 17.8 Å². The van der Waals surface area contributed by atoms with Crippen LogP contribution in [0.4, 0.5) is 10.1 Å². The van der Waals surface area contributed by atoms with Crippen LogP contribution in [0.1, 0.15) is 24.0 Å². The Morgan fingerprint density at radius 2 is 1.73 bits per heavy atom. The second kappa shape index (κ2) is 6.02. The van der Waals surface area contributed by atoms with Gasteiger partial charge in [0.2, 0.25) is 0 Å². The molecule has 2 aromatic rings. The maximum Gasteiger partial charge on any atom is 0.252 e. The van der Waals surface area contributed by atoms with Crippen LogP contribution in [0.15, 0.2) is 48.5 Å². The number of carbonyl (C=O) groups excluding carboxylic acids is 1. The summed E-state index contributed by atoms with van der Waals surface area (Å²) >= 11 is 0. The van der Waals surface area contributed by atoms with Crippen molar-refractivity contribution in [3.8, 4) is 0 Å². The van der Waals surface area contributed by atoms with Crippen molar-refractivity contribution in [3.63, 3.8) is 0 Å². The molecule has 112 valence electrons. The summed E-state index contributed by atoms with van der Waals surface area (Å²) in [6, 6.07) is 13.5. The van der Waals surface area contributed by atoms with Gasteiger partial charge in [0.15, 0.2) is 0 Å². The summed E-state index contributed by atoms with van der Waals surface area (Å²) in [5.41, 5.74) is 8.47. The molecule has 0 spiro atoms. The minimum absolute atomic E-state index is 0.114. The van der Waals surface area contributed by atoms with Crippen LogP contribution in [0.2, 0.25) is 0 Å². The van der Waals surface area contributed by atoms with Gasteiger partial charge < -0.3 is 11.1 Å². The molecule has 3 N–H and O–H groups in total. The summed E-state index contributed by atoms with van der Waals surface area (Å²) < 4.78 is 13.0. The quantitative estimate of drug-likeness (QED) is 0.517. The van der Waals surface area contributed by atoms with Gasteiger partial charge in [0.25, 0.3) is 5.91 Å². The Kier molecular flexibility index (Phi) is 3.92. The summed E-state index contributed by atoms with van der Waals surface area (Å²) in [6.07, 6.45) is 3.82. The van der Waals surface area contributed by atoms with Crippen molar-refractivity contribution in [3.05, 3.63) is 65.5 Å². The zero-order valence-electron chi connectivity index (χ0n) is 12.1. The number of anilines is 1. The van der Waals surface area contributed by atoms with Gasteiger partial charge in [0.1, 0.15) is 5.82 Å². The predicted octanol–water partition coefficient (Wildman–Crippen LogP) is 3.23. The smallest absolute Gasteiger partial charge is 0.252 e. The fourth-order valence-electron chi connectivity index (χ4n) is 2.16. The molecule has 3 nitrogen and oxygen atoms in total. The largest absolute Gasteiger partial charge is 0.399 e. The van der Waals surface area contributed by atoms with E-state index in [0.717, 1.165) is 24.0 Å². The third kappa shape index (κ3) is 3.52. The number of nitrogens with two attached hydrogens (primary N) is 1. The van der Waals surface area contributed by atoms with E-state index in [2.05, 4.69) is 5.32 Å². The molecule has 22 heavy (non-hydrogen) atoms. The number of amides is 1. The molecule has 0 saturated heterocycles. The average molecular weight is 296 g/mol. The van der Waals surface area contributed by atoms with E-state index < -0.39 is 0 Å².